The molecule has 16 heavy (non-hydrogen) atoms. The van der Waals surface area contributed by atoms with Gasteiger partial charge in [-0.2, -0.15) is 9.40 Å². The number of rotatable bonds is 5. The highest BCUT2D eigenvalue weighted by molar-refractivity contribution is 7.89. The summed E-state index contributed by atoms with van der Waals surface area (Å²) < 4.78 is 25.9. The Bertz CT molecular complexity index is 457. The number of aryl methyl sites for hydroxylation is 2. The van der Waals surface area contributed by atoms with Crippen LogP contribution in [0, 0.1) is 13.8 Å². The molecule has 0 spiro atoms. The molecule has 0 saturated heterocycles. The number of nitrogens with zero attached hydrogens (tertiary/aromatic N) is 2. The van der Waals surface area contributed by atoms with E-state index in [0.29, 0.717) is 24.5 Å². The minimum atomic E-state index is -3.46. The van der Waals surface area contributed by atoms with Crippen molar-refractivity contribution in [2.45, 2.75) is 25.7 Å². The Morgan fingerprint density at radius 3 is 2.50 bits per heavy atom. The number of hydrogen-bond acceptors (Lipinski definition) is 3. The number of nitrogens with one attached hydrogen (secondary N) is 1. The lowest BCUT2D eigenvalue weighted by atomic mass is 10.4. The first-order chi connectivity index (χ1) is 7.45. The summed E-state index contributed by atoms with van der Waals surface area (Å²) in [6, 6.07) is 0. The molecular weight excluding hydrogens is 226 g/mol. The molecular formula is C10H17N3O2S. The van der Waals surface area contributed by atoms with Crippen molar-refractivity contribution in [3.8, 4) is 0 Å². The second-order valence-corrected chi connectivity index (χ2v) is 5.38. The van der Waals surface area contributed by atoms with Gasteiger partial charge >= 0.3 is 0 Å². The van der Waals surface area contributed by atoms with Crippen molar-refractivity contribution in [1.82, 2.24) is 14.5 Å². The number of H-pyrrole nitrogens is 1. The van der Waals surface area contributed by atoms with E-state index in [0.717, 1.165) is 0 Å². The van der Waals surface area contributed by atoms with E-state index >= 15 is 0 Å². The summed E-state index contributed by atoms with van der Waals surface area (Å²) in [6.07, 6.45) is 1.58. The fourth-order valence-electron chi connectivity index (χ4n) is 1.59. The summed E-state index contributed by atoms with van der Waals surface area (Å²) >= 11 is 0. The number of likely N-dealkylation sites (N-methyl/N-ethyl adjacent to an activating group) is 1. The molecule has 0 unspecified atom stereocenters. The van der Waals surface area contributed by atoms with Gasteiger partial charge in [0.2, 0.25) is 10.0 Å². The second kappa shape index (κ2) is 4.80. The zero-order valence-corrected chi connectivity index (χ0v) is 10.6. The molecule has 1 N–H and O–H groups in total. The average molecular weight is 243 g/mol. The van der Waals surface area contributed by atoms with E-state index in [9.17, 15) is 8.42 Å². The normalized spacial score (nSPS) is 12.0. The fraction of sp³-hybridized carbons (Fsp3) is 0.500. The van der Waals surface area contributed by atoms with E-state index in [1.54, 1.807) is 26.8 Å². The van der Waals surface area contributed by atoms with Gasteiger partial charge in [-0.05, 0) is 13.8 Å². The van der Waals surface area contributed by atoms with Crippen LogP contribution in [0.15, 0.2) is 17.6 Å². The molecule has 1 aromatic heterocycles. The Labute approximate surface area is 96.2 Å². The Hall–Kier alpha value is -1.14. The highest BCUT2D eigenvalue weighted by Gasteiger charge is 2.27. The minimum absolute atomic E-state index is 0.274. The van der Waals surface area contributed by atoms with Gasteiger partial charge in [-0.25, -0.2) is 8.42 Å². The van der Waals surface area contributed by atoms with Crippen molar-refractivity contribution in [2.75, 3.05) is 13.1 Å². The minimum Gasteiger partial charge on any atom is -0.281 e. The van der Waals surface area contributed by atoms with Crippen molar-refractivity contribution < 1.29 is 8.42 Å². The third kappa shape index (κ3) is 2.17. The Kier molecular flexibility index (Phi) is 3.88. The van der Waals surface area contributed by atoms with Crippen LogP contribution in [0.2, 0.25) is 0 Å². The summed E-state index contributed by atoms with van der Waals surface area (Å²) in [7, 11) is -3.46. The van der Waals surface area contributed by atoms with E-state index in [-0.39, 0.29) is 4.90 Å². The quantitative estimate of drug-likeness (QED) is 0.791. The van der Waals surface area contributed by atoms with Crippen molar-refractivity contribution in [3.63, 3.8) is 0 Å². The summed E-state index contributed by atoms with van der Waals surface area (Å²) in [5, 5.41) is 6.59. The highest BCUT2D eigenvalue weighted by Crippen LogP contribution is 2.21. The maximum absolute atomic E-state index is 12.3. The van der Waals surface area contributed by atoms with E-state index in [1.807, 2.05) is 0 Å². The van der Waals surface area contributed by atoms with E-state index < -0.39 is 10.0 Å². The summed E-state index contributed by atoms with van der Waals surface area (Å²) in [6.45, 7) is 9.46. The number of aromatic amines is 1. The van der Waals surface area contributed by atoms with Gasteiger partial charge in [0.25, 0.3) is 0 Å². The molecule has 90 valence electrons. The average Bonchev–Trinajstić information content (AvgIpc) is 2.55. The van der Waals surface area contributed by atoms with Crippen LogP contribution in [-0.4, -0.2) is 36.0 Å². The lowest BCUT2D eigenvalue weighted by Gasteiger charge is -2.18. The summed E-state index contributed by atoms with van der Waals surface area (Å²) in [4.78, 5) is 0.274. The van der Waals surface area contributed by atoms with Gasteiger partial charge in [-0.1, -0.05) is 13.0 Å². The number of hydrogen-bond donors (Lipinski definition) is 1. The van der Waals surface area contributed by atoms with Gasteiger partial charge in [0.05, 0.1) is 11.4 Å². The molecule has 0 amide bonds. The molecule has 1 heterocycles. The molecule has 0 fully saturated rings. The van der Waals surface area contributed by atoms with Crippen LogP contribution < -0.4 is 0 Å². The van der Waals surface area contributed by atoms with Gasteiger partial charge in [-0.3, -0.25) is 5.10 Å². The van der Waals surface area contributed by atoms with Crippen molar-refractivity contribution >= 4 is 10.0 Å². The van der Waals surface area contributed by atoms with E-state index in [4.69, 9.17) is 0 Å². The fourth-order valence-corrected chi connectivity index (χ4v) is 3.34. The van der Waals surface area contributed by atoms with Gasteiger partial charge in [-0.15, -0.1) is 6.58 Å². The molecule has 0 aliphatic rings. The molecule has 0 aromatic carbocycles. The van der Waals surface area contributed by atoms with E-state index in [2.05, 4.69) is 16.8 Å². The van der Waals surface area contributed by atoms with Crippen molar-refractivity contribution in [3.05, 3.63) is 24.0 Å². The third-order valence-electron chi connectivity index (χ3n) is 2.34. The lowest BCUT2D eigenvalue weighted by Crippen LogP contribution is -2.31. The molecule has 0 aliphatic heterocycles. The smallest absolute Gasteiger partial charge is 0.247 e. The Morgan fingerprint density at radius 1 is 1.50 bits per heavy atom. The first-order valence-corrected chi connectivity index (χ1v) is 6.51. The topological polar surface area (TPSA) is 66.1 Å². The molecule has 1 aromatic rings. The van der Waals surface area contributed by atoms with Crippen LogP contribution in [-0.2, 0) is 10.0 Å². The first-order valence-electron chi connectivity index (χ1n) is 5.07. The van der Waals surface area contributed by atoms with Gasteiger partial charge in [0.1, 0.15) is 4.90 Å². The third-order valence-corrected chi connectivity index (χ3v) is 4.55. The molecule has 5 nitrogen and oxygen atoms in total. The Balaban J connectivity index is 3.25. The monoisotopic (exact) mass is 243 g/mol. The predicted octanol–water partition coefficient (Wildman–Crippen LogP) is 1.22. The SMILES string of the molecule is C=CCN(CC)S(=O)(=O)c1c(C)n[nH]c1C. The van der Waals surface area contributed by atoms with Crippen LogP contribution in [0.25, 0.3) is 0 Å². The van der Waals surface area contributed by atoms with Crippen LogP contribution >= 0.6 is 0 Å². The van der Waals surface area contributed by atoms with E-state index in [1.165, 1.54) is 4.31 Å². The van der Waals surface area contributed by atoms with Crippen LogP contribution in [0.4, 0.5) is 0 Å². The first kappa shape index (κ1) is 12.9. The molecule has 1 rings (SSSR count). The Morgan fingerprint density at radius 2 is 2.12 bits per heavy atom. The molecule has 0 radical (unpaired) electrons. The second-order valence-electron chi connectivity index (χ2n) is 3.51. The number of aromatic nitrogens is 2. The molecule has 0 aliphatic carbocycles. The maximum Gasteiger partial charge on any atom is 0.247 e. The molecule has 0 saturated carbocycles. The summed E-state index contributed by atoms with van der Waals surface area (Å²) in [5.74, 6) is 0. The zero-order valence-electron chi connectivity index (χ0n) is 9.82. The van der Waals surface area contributed by atoms with Crippen LogP contribution in [0.3, 0.4) is 0 Å². The molecule has 0 bridgehead atoms. The van der Waals surface area contributed by atoms with Gasteiger partial charge in [0, 0.05) is 13.1 Å². The molecule has 6 heteroatoms. The molecule has 0 atom stereocenters. The van der Waals surface area contributed by atoms with Crippen LogP contribution in [0.1, 0.15) is 18.3 Å². The van der Waals surface area contributed by atoms with Crippen molar-refractivity contribution in [1.29, 1.82) is 0 Å². The largest absolute Gasteiger partial charge is 0.281 e. The summed E-state index contributed by atoms with van der Waals surface area (Å²) in [5.41, 5.74) is 1.07. The number of sulfonamides is 1. The predicted molar refractivity (Wildman–Crippen MR) is 62.7 cm³/mol. The highest BCUT2D eigenvalue weighted by atomic mass is 32.2. The van der Waals surface area contributed by atoms with Gasteiger partial charge in [0.15, 0.2) is 0 Å². The zero-order chi connectivity index (χ0) is 12.3. The standard InChI is InChI=1S/C10H17N3O2S/c1-5-7-13(6-2)16(14,15)10-8(3)11-12-9(10)4/h5H,1,6-7H2,2-4H3,(H,11,12). The van der Waals surface area contributed by atoms with Gasteiger partial charge < -0.3 is 0 Å². The van der Waals surface area contributed by atoms with Crippen LogP contribution in [0.5, 0.6) is 0 Å². The van der Waals surface area contributed by atoms with Crippen molar-refractivity contribution in [2.24, 2.45) is 0 Å². The maximum atomic E-state index is 12.3. The lowest BCUT2D eigenvalue weighted by molar-refractivity contribution is 0.459.